The smallest absolute Gasteiger partial charge is 0.234 e. The van der Waals surface area contributed by atoms with Crippen molar-refractivity contribution < 1.29 is 18.7 Å². The standard InChI is InChI=1S/C23H25FN4O3S/c1-4-14-28-22(16(3)31-20-10-6-17(24)7-11-20)26-27-23(28)32-15-21(29)25-18-8-12-19(13-9-18)30-5-2/h4,6-13,16H,1,5,14-15H2,2-3H3,(H,25,29). The molecule has 2 aromatic carbocycles. The van der Waals surface area contributed by atoms with Gasteiger partial charge in [0, 0.05) is 12.2 Å². The Morgan fingerprint density at radius 1 is 1.19 bits per heavy atom. The van der Waals surface area contributed by atoms with E-state index in [1.54, 1.807) is 30.3 Å². The first-order chi connectivity index (χ1) is 15.5. The van der Waals surface area contributed by atoms with Gasteiger partial charge < -0.3 is 14.8 Å². The summed E-state index contributed by atoms with van der Waals surface area (Å²) in [4.78, 5) is 12.4. The van der Waals surface area contributed by atoms with Gasteiger partial charge in [0.1, 0.15) is 17.3 Å². The second-order valence-electron chi connectivity index (χ2n) is 6.75. The Morgan fingerprint density at radius 2 is 1.88 bits per heavy atom. The molecule has 0 saturated carbocycles. The second kappa shape index (κ2) is 11.3. The number of nitrogens with one attached hydrogen (secondary N) is 1. The fraction of sp³-hybridized carbons (Fsp3) is 0.261. The molecule has 168 valence electrons. The number of carbonyl (C=O) groups is 1. The average Bonchev–Trinajstić information content (AvgIpc) is 3.18. The van der Waals surface area contributed by atoms with Crippen LogP contribution < -0.4 is 14.8 Å². The molecule has 0 aliphatic carbocycles. The number of rotatable bonds is 11. The summed E-state index contributed by atoms with van der Waals surface area (Å²) in [5.74, 6) is 1.53. The Hall–Kier alpha value is -3.33. The third-order valence-corrected chi connectivity index (χ3v) is 5.30. The predicted molar refractivity (Wildman–Crippen MR) is 123 cm³/mol. The van der Waals surface area contributed by atoms with Gasteiger partial charge in [-0.15, -0.1) is 16.8 Å². The molecular weight excluding hydrogens is 431 g/mol. The number of hydrogen-bond donors (Lipinski definition) is 1. The second-order valence-corrected chi connectivity index (χ2v) is 7.69. The maximum absolute atomic E-state index is 13.1. The highest BCUT2D eigenvalue weighted by molar-refractivity contribution is 7.99. The van der Waals surface area contributed by atoms with Gasteiger partial charge >= 0.3 is 0 Å². The molecule has 1 amide bonds. The number of ether oxygens (including phenoxy) is 2. The molecule has 0 radical (unpaired) electrons. The van der Waals surface area contributed by atoms with Crippen LogP contribution in [0.3, 0.4) is 0 Å². The van der Waals surface area contributed by atoms with Crippen molar-refractivity contribution >= 4 is 23.4 Å². The van der Waals surface area contributed by atoms with E-state index in [0.29, 0.717) is 35.6 Å². The minimum Gasteiger partial charge on any atom is -0.494 e. The lowest BCUT2D eigenvalue weighted by molar-refractivity contribution is -0.113. The first-order valence-corrected chi connectivity index (χ1v) is 11.1. The van der Waals surface area contributed by atoms with Crippen LogP contribution in [0.25, 0.3) is 0 Å². The van der Waals surface area contributed by atoms with Crippen molar-refractivity contribution in [2.75, 3.05) is 17.7 Å². The van der Waals surface area contributed by atoms with Crippen LogP contribution in [-0.2, 0) is 11.3 Å². The molecule has 9 heteroatoms. The zero-order valence-corrected chi connectivity index (χ0v) is 18.8. The lowest BCUT2D eigenvalue weighted by Gasteiger charge is -2.15. The molecular formula is C23H25FN4O3S. The molecule has 0 bridgehead atoms. The van der Waals surface area contributed by atoms with E-state index in [4.69, 9.17) is 9.47 Å². The lowest BCUT2D eigenvalue weighted by atomic mass is 10.3. The molecule has 0 fully saturated rings. The van der Waals surface area contributed by atoms with Crippen molar-refractivity contribution in [2.24, 2.45) is 0 Å². The molecule has 3 rings (SSSR count). The zero-order chi connectivity index (χ0) is 22.9. The van der Waals surface area contributed by atoms with E-state index >= 15 is 0 Å². The van der Waals surface area contributed by atoms with Crippen molar-refractivity contribution in [3.8, 4) is 11.5 Å². The molecule has 0 saturated heterocycles. The van der Waals surface area contributed by atoms with E-state index in [2.05, 4.69) is 22.1 Å². The fourth-order valence-corrected chi connectivity index (χ4v) is 3.66. The van der Waals surface area contributed by atoms with Gasteiger partial charge in [0.25, 0.3) is 0 Å². The predicted octanol–water partition coefficient (Wildman–Crippen LogP) is 4.87. The average molecular weight is 457 g/mol. The number of aromatic nitrogens is 3. The van der Waals surface area contributed by atoms with E-state index in [1.807, 2.05) is 30.5 Å². The molecule has 1 heterocycles. The largest absolute Gasteiger partial charge is 0.494 e. The maximum Gasteiger partial charge on any atom is 0.234 e. The van der Waals surface area contributed by atoms with Gasteiger partial charge in [0.15, 0.2) is 17.1 Å². The van der Waals surface area contributed by atoms with E-state index in [9.17, 15) is 9.18 Å². The summed E-state index contributed by atoms with van der Waals surface area (Å²) < 4.78 is 26.2. The van der Waals surface area contributed by atoms with E-state index in [-0.39, 0.29) is 17.5 Å². The maximum atomic E-state index is 13.1. The van der Waals surface area contributed by atoms with Crippen LogP contribution in [0.2, 0.25) is 0 Å². The zero-order valence-electron chi connectivity index (χ0n) is 18.0. The summed E-state index contributed by atoms with van der Waals surface area (Å²) >= 11 is 1.27. The van der Waals surface area contributed by atoms with Gasteiger partial charge in [-0.25, -0.2) is 4.39 Å². The van der Waals surface area contributed by atoms with Gasteiger partial charge in [-0.1, -0.05) is 17.8 Å². The van der Waals surface area contributed by atoms with Crippen molar-refractivity contribution in [2.45, 2.75) is 31.7 Å². The minimum absolute atomic E-state index is 0.162. The number of anilines is 1. The molecule has 7 nitrogen and oxygen atoms in total. The highest BCUT2D eigenvalue weighted by Crippen LogP contribution is 2.25. The van der Waals surface area contributed by atoms with Gasteiger partial charge in [0.2, 0.25) is 5.91 Å². The molecule has 1 atom stereocenters. The minimum atomic E-state index is -0.431. The third kappa shape index (κ3) is 6.34. The van der Waals surface area contributed by atoms with Crippen LogP contribution in [-0.4, -0.2) is 33.0 Å². The van der Waals surface area contributed by atoms with Crippen LogP contribution in [0.4, 0.5) is 10.1 Å². The Morgan fingerprint density at radius 3 is 2.53 bits per heavy atom. The van der Waals surface area contributed by atoms with Gasteiger partial charge in [-0.2, -0.15) is 0 Å². The topological polar surface area (TPSA) is 78.3 Å². The highest BCUT2D eigenvalue weighted by Gasteiger charge is 2.20. The first-order valence-electron chi connectivity index (χ1n) is 10.1. The van der Waals surface area contributed by atoms with Crippen LogP contribution in [0, 0.1) is 5.82 Å². The molecule has 0 spiro atoms. The molecule has 1 N–H and O–H groups in total. The Labute approximate surface area is 190 Å². The van der Waals surface area contributed by atoms with E-state index < -0.39 is 6.10 Å². The summed E-state index contributed by atoms with van der Waals surface area (Å²) in [7, 11) is 0. The number of amides is 1. The highest BCUT2D eigenvalue weighted by atomic mass is 32.2. The summed E-state index contributed by atoms with van der Waals surface area (Å²) in [6.07, 6.45) is 1.29. The SMILES string of the molecule is C=CCn1c(SCC(=O)Nc2ccc(OCC)cc2)nnc1C(C)Oc1ccc(F)cc1. The normalized spacial score (nSPS) is 11.6. The molecule has 1 unspecified atom stereocenters. The van der Waals surface area contributed by atoms with Crippen LogP contribution >= 0.6 is 11.8 Å². The Bertz CT molecular complexity index is 1040. The molecule has 0 aliphatic heterocycles. The van der Waals surface area contributed by atoms with Crippen LogP contribution in [0.15, 0.2) is 66.3 Å². The molecule has 32 heavy (non-hydrogen) atoms. The summed E-state index contributed by atoms with van der Waals surface area (Å²) in [6, 6.07) is 13.0. The van der Waals surface area contributed by atoms with Crippen molar-refractivity contribution in [3.05, 3.63) is 72.8 Å². The van der Waals surface area contributed by atoms with E-state index in [1.165, 1.54) is 23.9 Å². The Balaban J connectivity index is 1.62. The van der Waals surface area contributed by atoms with Crippen LogP contribution in [0.5, 0.6) is 11.5 Å². The summed E-state index contributed by atoms with van der Waals surface area (Å²) in [5.41, 5.74) is 0.689. The quantitative estimate of drug-likeness (QED) is 0.328. The molecule has 0 aliphatic rings. The monoisotopic (exact) mass is 456 g/mol. The van der Waals surface area contributed by atoms with Crippen molar-refractivity contribution in [1.82, 2.24) is 14.8 Å². The van der Waals surface area contributed by atoms with Gasteiger partial charge in [-0.3, -0.25) is 9.36 Å². The number of thioether (sulfide) groups is 1. The number of nitrogens with zero attached hydrogens (tertiary/aromatic N) is 3. The number of carbonyl (C=O) groups excluding carboxylic acids is 1. The number of benzene rings is 2. The van der Waals surface area contributed by atoms with Gasteiger partial charge in [-0.05, 0) is 62.4 Å². The number of allylic oxidation sites excluding steroid dienone is 1. The van der Waals surface area contributed by atoms with Crippen LogP contribution in [0.1, 0.15) is 25.8 Å². The lowest BCUT2D eigenvalue weighted by Crippen LogP contribution is -2.15. The first kappa shape index (κ1) is 23.3. The van der Waals surface area contributed by atoms with Crippen molar-refractivity contribution in [3.63, 3.8) is 0 Å². The number of hydrogen-bond acceptors (Lipinski definition) is 6. The molecule has 3 aromatic rings. The third-order valence-electron chi connectivity index (χ3n) is 4.33. The molecule has 1 aromatic heterocycles. The fourth-order valence-electron chi connectivity index (χ4n) is 2.91. The van der Waals surface area contributed by atoms with Crippen molar-refractivity contribution in [1.29, 1.82) is 0 Å². The van der Waals surface area contributed by atoms with E-state index in [0.717, 1.165) is 5.75 Å². The summed E-state index contributed by atoms with van der Waals surface area (Å²) in [6.45, 7) is 8.58. The summed E-state index contributed by atoms with van der Waals surface area (Å²) in [5, 5.41) is 11.9. The van der Waals surface area contributed by atoms with Gasteiger partial charge in [0.05, 0.1) is 12.4 Å². The Kier molecular flexibility index (Phi) is 8.27. The number of halogens is 1.